The van der Waals surface area contributed by atoms with Crippen LogP contribution in [0.15, 0.2) is 29.1 Å². The van der Waals surface area contributed by atoms with E-state index in [0.717, 1.165) is 54.8 Å². The average molecular weight is 257 g/mol. The molecule has 2 aromatic rings. The van der Waals surface area contributed by atoms with Crippen molar-refractivity contribution < 1.29 is 0 Å². The molecular formula is C15H19N3O. The van der Waals surface area contributed by atoms with Crippen molar-refractivity contribution >= 4 is 10.9 Å². The van der Waals surface area contributed by atoms with E-state index in [-0.39, 0.29) is 5.56 Å². The maximum absolute atomic E-state index is 12.2. The summed E-state index contributed by atoms with van der Waals surface area (Å²) in [5, 5.41) is 4.44. The molecule has 0 unspecified atom stereocenters. The van der Waals surface area contributed by atoms with Gasteiger partial charge in [0.15, 0.2) is 0 Å². The molecule has 1 aromatic carbocycles. The van der Waals surface area contributed by atoms with E-state index >= 15 is 0 Å². The Morgan fingerprint density at radius 3 is 2.84 bits per heavy atom. The van der Waals surface area contributed by atoms with Crippen molar-refractivity contribution in [2.24, 2.45) is 0 Å². The Balaban J connectivity index is 1.95. The molecule has 0 bridgehead atoms. The molecule has 0 atom stereocenters. The van der Waals surface area contributed by atoms with Crippen LogP contribution in [0.25, 0.3) is 10.9 Å². The number of H-pyrrole nitrogens is 1. The van der Waals surface area contributed by atoms with E-state index in [4.69, 9.17) is 0 Å². The Morgan fingerprint density at radius 1 is 1.26 bits per heavy atom. The number of hydrogen-bond donors (Lipinski definition) is 2. The summed E-state index contributed by atoms with van der Waals surface area (Å²) >= 11 is 0. The molecule has 1 fully saturated rings. The van der Waals surface area contributed by atoms with E-state index in [2.05, 4.69) is 21.3 Å². The number of rotatable bonds is 2. The summed E-state index contributed by atoms with van der Waals surface area (Å²) in [6.07, 6.45) is 0. The molecule has 0 amide bonds. The SMILES string of the molecule is Cc1cccc2cc(CN3CCNCC3)c(=O)[nH]c12. The summed E-state index contributed by atoms with van der Waals surface area (Å²) in [6, 6.07) is 8.14. The second kappa shape index (κ2) is 5.15. The third-order valence-electron chi connectivity index (χ3n) is 3.77. The highest BCUT2D eigenvalue weighted by Crippen LogP contribution is 2.15. The van der Waals surface area contributed by atoms with Crippen molar-refractivity contribution in [2.45, 2.75) is 13.5 Å². The van der Waals surface area contributed by atoms with E-state index in [1.165, 1.54) is 0 Å². The summed E-state index contributed by atoms with van der Waals surface area (Å²) in [5.74, 6) is 0. The minimum atomic E-state index is 0.0420. The Labute approximate surface area is 112 Å². The molecule has 3 rings (SSSR count). The summed E-state index contributed by atoms with van der Waals surface area (Å²) in [5.41, 5.74) is 2.97. The van der Waals surface area contributed by atoms with E-state index in [1.54, 1.807) is 0 Å². The highest BCUT2D eigenvalue weighted by Gasteiger charge is 2.12. The molecule has 0 saturated carbocycles. The van der Waals surface area contributed by atoms with Crippen LogP contribution < -0.4 is 10.9 Å². The van der Waals surface area contributed by atoms with Gasteiger partial charge in [0.1, 0.15) is 0 Å². The van der Waals surface area contributed by atoms with Crippen LogP contribution in [0.2, 0.25) is 0 Å². The third kappa shape index (κ3) is 2.55. The standard InChI is InChI=1S/C15H19N3O/c1-11-3-2-4-12-9-13(15(19)17-14(11)12)10-18-7-5-16-6-8-18/h2-4,9,16H,5-8,10H2,1H3,(H,17,19). The van der Waals surface area contributed by atoms with Crippen LogP contribution in [0, 0.1) is 6.92 Å². The zero-order valence-electron chi connectivity index (χ0n) is 11.2. The van der Waals surface area contributed by atoms with Gasteiger partial charge in [0, 0.05) is 38.3 Å². The van der Waals surface area contributed by atoms with Crippen molar-refractivity contribution in [2.75, 3.05) is 26.2 Å². The molecule has 1 aliphatic heterocycles. The Hall–Kier alpha value is -1.65. The molecule has 4 heteroatoms. The second-order valence-corrected chi connectivity index (χ2v) is 5.19. The van der Waals surface area contributed by atoms with Gasteiger partial charge in [0.25, 0.3) is 5.56 Å². The first kappa shape index (κ1) is 12.4. The van der Waals surface area contributed by atoms with Crippen LogP contribution in [0.1, 0.15) is 11.1 Å². The number of piperazine rings is 1. The number of para-hydroxylation sites is 1. The molecule has 0 spiro atoms. The number of fused-ring (bicyclic) bond motifs is 1. The lowest BCUT2D eigenvalue weighted by molar-refractivity contribution is 0.232. The van der Waals surface area contributed by atoms with E-state index in [0.29, 0.717) is 0 Å². The lowest BCUT2D eigenvalue weighted by Crippen LogP contribution is -2.43. The van der Waals surface area contributed by atoms with Gasteiger partial charge in [0.05, 0.1) is 5.52 Å². The van der Waals surface area contributed by atoms with E-state index < -0.39 is 0 Å². The monoisotopic (exact) mass is 257 g/mol. The summed E-state index contributed by atoms with van der Waals surface area (Å²) in [6.45, 7) is 6.78. The number of aryl methyl sites for hydroxylation is 1. The fourth-order valence-electron chi connectivity index (χ4n) is 2.66. The lowest BCUT2D eigenvalue weighted by Gasteiger charge is -2.26. The van der Waals surface area contributed by atoms with Crippen LogP contribution in [0.5, 0.6) is 0 Å². The van der Waals surface area contributed by atoms with Crippen LogP contribution in [0.3, 0.4) is 0 Å². The quantitative estimate of drug-likeness (QED) is 0.851. The smallest absolute Gasteiger partial charge is 0.252 e. The zero-order chi connectivity index (χ0) is 13.2. The number of aromatic amines is 1. The van der Waals surface area contributed by atoms with Gasteiger partial charge in [-0.15, -0.1) is 0 Å². The maximum Gasteiger partial charge on any atom is 0.252 e. The number of aromatic nitrogens is 1. The first-order valence-electron chi connectivity index (χ1n) is 6.78. The van der Waals surface area contributed by atoms with Gasteiger partial charge < -0.3 is 10.3 Å². The number of benzene rings is 1. The normalized spacial score (nSPS) is 16.9. The van der Waals surface area contributed by atoms with E-state index in [9.17, 15) is 4.79 Å². The van der Waals surface area contributed by atoms with Crippen molar-refractivity contribution in [1.82, 2.24) is 15.2 Å². The molecule has 1 aliphatic rings. The van der Waals surface area contributed by atoms with Crippen molar-refractivity contribution in [3.63, 3.8) is 0 Å². The number of hydrogen-bond acceptors (Lipinski definition) is 3. The van der Waals surface area contributed by atoms with Gasteiger partial charge in [0.2, 0.25) is 0 Å². The zero-order valence-corrected chi connectivity index (χ0v) is 11.2. The Morgan fingerprint density at radius 2 is 2.05 bits per heavy atom. The molecule has 4 nitrogen and oxygen atoms in total. The number of nitrogens with zero attached hydrogens (tertiary/aromatic N) is 1. The summed E-state index contributed by atoms with van der Waals surface area (Å²) in [4.78, 5) is 17.5. The molecule has 0 radical (unpaired) electrons. The number of nitrogens with one attached hydrogen (secondary N) is 2. The van der Waals surface area contributed by atoms with Gasteiger partial charge in [-0.1, -0.05) is 18.2 Å². The summed E-state index contributed by atoms with van der Waals surface area (Å²) < 4.78 is 0. The minimum absolute atomic E-state index is 0.0420. The van der Waals surface area contributed by atoms with Crippen molar-refractivity contribution in [3.8, 4) is 0 Å². The number of pyridine rings is 1. The predicted octanol–water partition coefficient (Wildman–Crippen LogP) is 1.24. The van der Waals surface area contributed by atoms with Gasteiger partial charge in [-0.25, -0.2) is 0 Å². The highest BCUT2D eigenvalue weighted by molar-refractivity contribution is 5.81. The van der Waals surface area contributed by atoms with Crippen LogP contribution in [0.4, 0.5) is 0 Å². The van der Waals surface area contributed by atoms with Crippen LogP contribution >= 0.6 is 0 Å². The Bertz CT molecular complexity index is 641. The molecule has 100 valence electrons. The second-order valence-electron chi connectivity index (χ2n) is 5.19. The minimum Gasteiger partial charge on any atom is -0.321 e. The lowest BCUT2D eigenvalue weighted by atomic mass is 10.1. The van der Waals surface area contributed by atoms with Gasteiger partial charge in [-0.3, -0.25) is 9.69 Å². The first-order valence-corrected chi connectivity index (χ1v) is 6.78. The molecule has 19 heavy (non-hydrogen) atoms. The molecule has 2 heterocycles. The molecule has 0 aliphatic carbocycles. The van der Waals surface area contributed by atoms with Gasteiger partial charge in [-0.2, -0.15) is 0 Å². The highest BCUT2D eigenvalue weighted by atomic mass is 16.1. The topological polar surface area (TPSA) is 48.1 Å². The molecule has 1 saturated heterocycles. The fourth-order valence-corrected chi connectivity index (χ4v) is 2.66. The Kier molecular flexibility index (Phi) is 3.36. The molecule has 2 N–H and O–H groups in total. The average Bonchev–Trinajstić information content (AvgIpc) is 2.42. The molecular weight excluding hydrogens is 238 g/mol. The van der Waals surface area contributed by atoms with Crippen LogP contribution in [-0.4, -0.2) is 36.1 Å². The van der Waals surface area contributed by atoms with E-state index in [1.807, 2.05) is 25.1 Å². The third-order valence-corrected chi connectivity index (χ3v) is 3.77. The van der Waals surface area contributed by atoms with Gasteiger partial charge >= 0.3 is 0 Å². The summed E-state index contributed by atoms with van der Waals surface area (Å²) in [7, 11) is 0. The molecule has 1 aromatic heterocycles. The maximum atomic E-state index is 12.2. The fraction of sp³-hybridized carbons (Fsp3) is 0.400. The van der Waals surface area contributed by atoms with Gasteiger partial charge in [-0.05, 0) is 23.9 Å². The predicted molar refractivity (Wildman–Crippen MR) is 77.5 cm³/mol. The van der Waals surface area contributed by atoms with Crippen molar-refractivity contribution in [3.05, 3.63) is 45.7 Å². The largest absolute Gasteiger partial charge is 0.321 e. The van der Waals surface area contributed by atoms with Crippen molar-refractivity contribution in [1.29, 1.82) is 0 Å². The first-order chi connectivity index (χ1) is 9.24. The van der Waals surface area contributed by atoms with Crippen LogP contribution in [-0.2, 0) is 6.54 Å².